The number of nitrogens with zero attached hydrogens (tertiary/aromatic N) is 2. The van der Waals surface area contributed by atoms with Gasteiger partial charge in [0.1, 0.15) is 23.0 Å². The summed E-state index contributed by atoms with van der Waals surface area (Å²) in [7, 11) is 3.14. The van der Waals surface area contributed by atoms with Gasteiger partial charge < -0.3 is 13.9 Å². The number of rotatable bonds is 4. The molecular formula is C23H19N3O5. The van der Waals surface area contributed by atoms with Crippen molar-refractivity contribution in [3.63, 3.8) is 0 Å². The molecule has 8 nitrogen and oxygen atoms in total. The van der Waals surface area contributed by atoms with Gasteiger partial charge in [-0.05, 0) is 30.2 Å². The number of hydrogen-bond acceptors (Lipinski definition) is 7. The standard InChI is InChI=1S/C23H19N3O5/c1-29-13-7-8-14(19(10-13)30-2)15-11-17(24-21-20(15)22(27)26-25-21)16-9-12-5-3-4-6-18(12)31-23(16)28/h3-10,15,20H,11H2,1-2H3,(H,26,27). The number of nitrogens with one attached hydrogen (secondary N) is 1. The predicted octanol–water partition coefficient (Wildman–Crippen LogP) is 2.85. The van der Waals surface area contributed by atoms with Crippen molar-refractivity contribution >= 4 is 28.4 Å². The lowest BCUT2D eigenvalue weighted by Gasteiger charge is -2.28. The maximum absolute atomic E-state index is 12.7. The largest absolute Gasteiger partial charge is 0.497 e. The smallest absolute Gasteiger partial charge is 0.345 e. The van der Waals surface area contributed by atoms with Crippen LogP contribution in [0.15, 0.2) is 67.8 Å². The SMILES string of the molecule is COc1ccc(C2CC(c3cc4ccccc4oc3=O)=NC3=NNC(=O)C32)c(OC)c1. The second-order valence-electron chi connectivity index (χ2n) is 7.39. The topological polar surface area (TPSA) is 102 Å². The molecule has 2 atom stereocenters. The fourth-order valence-corrected chi connectivity index (χ4v) is 4.18. The Balaban J connectivity index is 1.64. The molecule has 0 aliphatic carbocycles. The van der Waals surface area contributed by atoms with Crippen LogP contribution >= 0.6 is 0 Å². The van der Waals surface area contributed by atoms with Crippen LogP contribution in [0.5, 0.6) is 11.5 Å². The van der Waals surface area contributed by atoms with Gasteiger partial charge in [0, 0.05) is 17.4 Å². The number of aliphatic imine (C=N–C) groups is 1. The minimum atomic E-state index is -0.571. The zero-order valence-corrected chi connectivity index (χ0v) is 16.9. The van der Waals surface area contributed by atoms with Crippen LogP contribution in [0, 0.1) is 5.92 Å². The maximum atomic E-state index is 12.7. The molecule has 0 saturated carbocycles. The molecule has 8 heteroatoms. The van der Waals surface area contributed by atoms with E-state index in [1.54, 1.807) is 32.4 Å². The molecule has 1 aromatic heterocycles. The zero-order valence-electron chi connectivity index (χ0n) is 16.9. The molecule has 1 amide bonds. The van der Waals surface area contributed by atoms with Gasteiger partial charge in [0.15, 0.2) is 5.84 Å². The van der Waals surface area contributed by atoms with Crippen LogP contribution in [0.25, 0.3) is 11.0 Å². The quantitative estimate of drug-likeness (QED) is 0.658. The number of para-hydroxylation sites is 1. The van der Waals surface area contributed by atoms with E-state index >= 15 is 0 Å². The van der Waals surface area contributed by atoms with E-state index in [4.69, 9.17) is 13.9 Å². The van der Waals surface area contributed by atoms with E-state index in [-0.39, 0.29) is 11.8 Å². The van der Waals surface area contributed by atoms with E-state index in [1.165, 1.54) is 0 Å². The summed E-state index contributed by atoms with van der Waals surface area (Å²) in [4.78, 5) is 29.8. The van der Waals surface area contributed by atoms with Gasteiger partial charge in [0.05, 0.1) is 25.5 Å². The predicted molar refractivity (Wildman–Crippen MR) is 115 cm³/mol. The molecule has 0 saturated heterocycles. The molecule has 5 rings (SSSR count). The lowest BCUT2D eigenvalue weighted by Crippen LogP contribution is -2.35. The minimum Gasteiger partial charge on any atom is -0.497 e. The highest BCUT2D eigenvalue weighted by Crippen LogP contribution is 2.41. The van der Waals surface area contributed by atoms with E-state index in [9.17, 15) is 9.59 Å². The molecule has 3 heterocycles. The number of carbonyl (C=O) groups excluding carboxylic acids is 1. The molecule has 2 aromatic carbocycles. The van der Waals surface area contributed by atoms with Crippen molar-refractivity contribution in [2.45, 2.75) is 12.3 Å². The molecule has 0 radical (unpaired) electrons. The highest BCUT2D eigenvalue weighted by atomic mass is 16.5. The van der Waals surface area contributed by atoms with Crippen LogP contribution in [-0.2, 0) is 4.79 Å². The molecule has 1 N–H and O–H groups in total. The third-order valence-corrected chi connectivity index (χ3v) is 5.70. The van der Waals surface area contributed by atoms with E-state index in [2.05, 4.69) is 15.5 Å². The Morgan fingerprint density at radius 1 is 1.06 bits per heavy atom. The average molecular weight is 417 g/mol. The molecule has 2 unspecified atom stereocenters. The first-order valence-electron chi connectivity index (χ1n) is 9.79. The van der Waals surface area contributed by atoms with E-state index in [1.807, 2.05) is 30.3 Å². The van der Waals surface area contributed by atoms with Crippen molar-refractivity contribution in [2.75, 3.05) is 14.2 Å². The van der Waals surface area contributed by atoms with Crippen molar-refractivity contribution < 1.29 is 18.7 Å². The summed E-state index contributed by atoms with van der Waals surface area (Å²) in [6.45, 7) is 0. The summed E-state index contributed by atoms with van der Waals surface area (Å²) >= 11 is 0. The molecule has 31 heavy (non-hydrogen) atoms. The Morgan fingerprint density at radius 2 is 1.90 bits per heavy atom. The number of methoxy groups -OCH3 is 2. The Hall–Kier alpha value is -3.94. The molecule has 156 valence electrons. The van der Waals surface area contributed by atoms with Crippen molar-refractivity contribution in [3.8, 4) is 11.5 Å². The number of carbonyl (C=O) groups is 1. The van der Waals surface area contributed by atoms with E-state index in [0.29, 0.717) is 40.6 Å². The third kappa shape index (κ3) is 3.16. The Labute approximate surface area is 177 Å². The third-order valence-electron chi connectivity index (χ3n) is 5.70. The summed E-state index contributed by atoms with van der Waals surface area (Å²) in [6.07, 6.45) is 0.350. The first kappa shape index (κ1) is 19.0. The fraction of sp³-hybridized carbons (Fsp3) is 0.217. The Bertz CT molecular complexity index is 1320. The molecule has 0 bridgehead atoms. The van der Waals surface area contributed by atoms with Gasteiger partial charge in [-0.3, -0.25) is 4.79 Å². The van der Waals surface area contributed by atoms with Gasteiger partial charge in [0.2, 0.25) is 0 Å². The summed E-state index contributed by atoms with van der Waals surface area (Å²) in [5.74, 6) is 0.465. The Morgan fingerprint density at radius 3 is 2.71 bits per heavy atom. The summed E-state index contributed by atoms with van der Waals surface area (Å²) in [5.41, 5.74) is 4.24. The van der Waals surface area contributed by atoms with Gasteiger partial charge in [-0.15, -0.1) is 0 Å². The maximum Gasteiger partial charge on any atom is 0.345 e. The molecular weight excluding hydrogens is 398 g/mol. The Kier molecular flexibility index (Phi) is 4.54. The van der Waals surface area contributed by atoms with Crippen LogP contribution in [0.2, 0.25) is 0 Å². The van der Waals surface area contributed by atoms with Crippen molar-refractivity contribution in [1.82, 2.24) is 5.43 Å². The second-order valence-corrected chi connectivity index (χ2v) is 7.39. The zero-order chi connectivity index (χ0) is 21.5. The molecule has 2 aliphatic rings. The first-order chi connectivity index (χ1) is 15.1. The summed E-state index contributed by atoms with van der Waals surface area (Å²) in [6, 6.07) is 14.5. The van der Waals surface area contributed by atoms with Gasteiger partial charge >= 0.3 is 5.63 Å². The van der Waals surface area contributed by atoms with Crippen LogP contribution in [0.3, 0.4) is 0 Å². The second kappa shape index (κ2) is 7.39. The van der Waals surface area contributed by atoms with Crippen molar-refractivity contribution in [2.24, 2.45) is 16.0 Å². The van der Waals surface area contributed by atoms with Gasteiger partial charge in [0.25, 0.3) is 5.91 Å². The monoisotopic (exact) mass is 417 g/mol. The van der Waals surface area contributed by atoms with Gasteiger partial charge in [-0.1, -0.05) is 24.3 Å². The first-order valence-corrected chi connectivity index (χ1v) is 9.79. The molecule has 0 fully saturated rings. The lowest BCUT2D eigenvalue weighted by molar-refractivity contribution is -0.122. The van der Waals surface area contributed by atoms with E-state index in [0.717, 1.165) is 10.9 Å². The molecule has 2 aliphatic heterocycles. The number of benzene rings is 2. The number of amides is 1. The normalized spacial score (nSPS) is 20.0. The molecule has 0 spiro atoms. The molecule has 3 aromatic rings. The van der Waals surface area contributed by atoms with Crippen LogP contribution in [0.1, 0.15) is 23.5 Å². The van der Waals surface area contributed by atoms with Crippen molar-refractivity contribution in [3.05, 3.63) is 70.1 Å². The van der Waals surface area contributed by atoms with Gasteiger partial charge in [-0.25, -0.2) is 15.2 Å². The highest BCUT2D eigenvalue weighted by Gasteiger charge is 2.43. The minimum absolute atomic E-state index is 0.230. The number of hydrazone groups is 1. The van der Waals surface area contributed by atoms with Crippen LogP contribution < -0.4 is 20.5 Å². The summed E-state index contributed by atoms with van der Waals surface area (Å²) < 4.78 is 16.4. The number of ether oxygens (including phenoxy) is 2. The number of fused-ring (bicyclic) bond motifs is 2. The highest BCUT2D eigenvalue weighted by molar-refractivity contribution is 6.18. The van der Waals surface area contributed by atoms with Gasteiger partial charge in [-0.2, -0.15) is 5.10 Å². The summed E-state index contributed by atoms with van der Waals surface area (Å²) in [5, 5.41) is 4.90. The number of hydrogen-bond donors (Lipinski definition) is 1. The van der Waals surface area contributed by atoms with Crippen LogP contribution in [0.4, 0.5) is 0 Å². The van der Waals surface area contributed by atoms with Crippen molar-refractivity contribution in [1.29, 1.82) is 0 Å². The van der Waals surface area contributed by atoms with Crippen LogP contribution in [-0.4, -0.2) is 31.7 Å². The fourth-order valence-electron chi connectivity index (χ4n) is 4.18. The average Bonchev–Trinajstić information content (AvgIpc) is 3.18. The van der Waals surface area contributed by atoms with E-state index < -0.39 is 11.5 Å². The lowest BCUT2D eigenvalue weighted by atomic mass is 9.78. The number of amidine groups is 1.